The van der Waals surface area contributed by atoms with Crippen LogP contribution in [-0.4, -0.2) is 60.9 Å². The first kappa shape index (κ1) is 18.9. The molecule has 0 saturated carbocycles. The summed E-state index contributed by atoms with van der Waals surface area (Å²) in [5, 5.41) is 3.58. The van der Waals surface area contributed by atoms with Crippen LogP contribution in [0.4, 0.5) is 5.69 Å². The zero-order chi connectivity index (χ0) is 20.5. The normalized spacial score (nSPS) is 16.7. The highest BCUT2D eigenvalue weighted by Gasteiger charge is 2.34. The molecule has 5 rings (SSSR count). The van der Waals surface area contributed by atoms with Crippen LogP contribution in [0.15, 0.2) is 53.9 Å². The molecule has 1 fully saturated rings. The van der Waals surface area contributed by atoms with Gasteiger partial charge in [0.2, 0.25) is 0 Å². The Morgan fingerprint density at radius 1 is 0.800 bits per heavy atom. The van der Waals surface area contributed by atoms with Crippen LogP contribution in [0.5, 0.6) is 0 Å². The number of hydrogen-bond acceptors (Lipinski definition) is 5. The molecule has 0 radical (unpaired) electrons. The standard InChI is InChI=1S/C24H21N3O2S/c28-23-18-7-1-2-8-19(18)24(29)27(23)12-6-5-11-25-13-15-26(16-14-25)21-17-30-22-10-4-3-9-20(21)22/h1-4,7-10,17H,11-16H2. The first-order valence-corrected chi connectivity index (χ1v) is 10.9. The van der Waals surface area contributed by atoms with E-state index in [1.54, 1.807) is 35.6 Å². The van der Waals surface area contributed by atoms with Crippen molar-refractivity contribution in [1.82, 2.24) is 9.80 Å². The van der Waals surface area contributed by atoms with Gasteiger partial charge in [-0.15, -0.1) is 11.3 Å². The highest BCUT2D eigenvalue weighted by Crippen LogP contribution is 2.33. The number of fused-ring (bicyclic) bond motifs is 2. The molecule has 2 aliphatic heterocycles. The van der Waals surface area contributed by atoms with Crippen molar-refractivity contribution in [2.45, 2.75) is 0 Å². The van der Waals surface area contributed by atoms with E-state index in [4.69, 9.17) is 0 Å². The lowest BCUT2D eigenvalue weighted by atomic mass is 10.1. The zero-order valence-corrected chi connectivity index (χ0v) is 17.3. The number of benzene rings is 2. The van der Waals surface area contributed by atoms with E-state index in [-0.39, 0.29) is 18.4 Å². The Kier molecular flexibility index (Phi) is 4.99. The molecule has 3 aromatic rings. The van der Waals surface area contributed by atoms with E-state index in [9.17, 15) is 9.59 Å². The van der Waals surface area contributed by atoms with E-state index in [0.29, 0.717) is 17.7 Å². The van der Waals surface area contributed by atoms with Gasteiger partial charge in [0.25, 0.3) is 11.8 Å². The third-order valence-electron chi connectivity index (χ3n) is 5.72. The first-order chi connectivity index (χ1) is 14.7. The van der Waals surface area contributed by atoms with Crippen LogP contribution in [0.25, 0.3) is 10.1 Å². The first-order valence-electron chi connectivity index (χ1n) is 10.1. The summed E-state index contributed by atoms with van der Waals surface area (Å²) in [6, 6.07) is 15.5. The average Bonchev–Trinajstić information content (AvgIpc) is 3.32. The number of piperazine rings is 1. The van der Waals surface area contributed by atoms with Gasteiger partial charge in [-0.1, -0.05) is 42.2 Å². The maximum Gasteiger partial charge on any atom is 0.262 e. The van der Waals surface area contributed by atoms with Gasteiger partial charge in [-0.2, -0.15) is 0 Å². The molecule has 150 valence electrons. The van der Waals surface area contributed by atoms with Gasteiger partial charge in [-0.3, -0.25) is 19.4 Å². The van der Waals surface area contributed by atoms with Crippen molar-refractivity contribution in [2.75, 3.05) is 44.2 Å². The average molecular weight is 416 g/mol. The third-order valence-corrected chi connectivity index (χ3v) is 6.67. The molecule has 1 aromatic heterocycles. The second kappa shape index (κ2) is 7.94. The molecule has 0 N–H and O–H groups in total. The molecular formula is C24H21N3O2S. The van der Waals surface area contributed by atoms with Gasteiger partial charge in [0.15, 0.2) is 0 Å². The Morgan fingerprint density at radius 2 is 1.43 bits per heavy atom. The van der Waals surface area contributed by atoms with Crippen molar-refractivity contribution < 1.29 is 9.59 Å². The molecule has 0 bridgehead atoms. The second-order valence-corrected chi connectivity index (χ2v) is 8.39. The van der Waals surface area contributed by atoms with Crippen LogP contribution in [0.2, 0.25) is 0 Å². The minimum Gasteiger partial charge on any atom is -0.368 e. The van der Waals surface area contributed by atoms with Crippen LogP contribution >= 0.6 is 11.3 Å². The SMILES string of the molecule is O=C1c2ccccc2C(=O)N1CC#CCN1CCN(c2csc3ccccc23)CC1. The van der Waals surface area contributed by atoms with E-state index >= 15 is 0 Å². The summed E-state index contributed by atoms with van der Waals surface area (Å²) in [6.07, 6.45) is 0. The van der Waals surface area contributed by atoms with Crippen LogP contribution < -0.4 is 4.90 Å². The smallest absolute Gasteiger partial charge is 0.262 e. The number of imide groups is 1. The fourth-order valence-corrected chi connectivity index (χ4v) is 5.01. The van der Waals surface area contributed by atoms with Gasteiger partial charge < -0.3 is 4.90 Å². The number of carbonyl (C=O) groups is 2. The fourth-order valence-electron chi connectivity index (χ4n) is 4.04. The summed E-state index contributed by atoms with van der Waals surface area (Å²) in [7, 11) is 0. The number of rotatable bonds is 3. The van der Waals surface area contributed by atoms with Gasteiger partial charge >= 0.3 is 0 Å². The van der Waals surface area contributed by atoms with Crippen molar-refractivity contribution in [3.8, 4) is 11.8 Å². The summed E-state index contributed by atoms with van der Waals surface area (Å²) in [4.78, 5) is 30.7. The lowest BCUT2D eigenvalue weighted by Gasteiger charge is -2.34. The zero-order valence-electron chi connectivity index (χ0n) is 16.5. The maximum atomic E-state index is 12.4. The molecule has 0 atom stereocenters. The van der Waals surface area contributed by atoms with Crippen molar-refractivity contribution in [3.05, 3.63) is 65.0 Å². The Labute approximate surface area is 179 Å². The van der Waals surface area contributed by atoms with Gasteiger partial charge in [-0.25, -0.2) is 0 Å². The molecule has 0 aliphatic carbocycles. The number of anilines is 1. The van der Waals surface area contributed by atoms with Crippen LogP contribution in [0, 0.1) is 11.8 Å². The Balaban J connectivity index is 1.15. The molecule has 2 aromatic carbocycles. The van der Waals surface area contributed by atoms with E-state index < -0.39 is 0 Å². The largest absolute Gasteiger partial charge is 0.368 e. The van der Waals surface area contributed by atoms with E-state index in [1.807, 2.05) is 0 Å². The van der Waals surface area contributed by atoms with Gasteiger partial charge in [0.1, 0.15) is 0 Å². The number of carbonyl (C=O) groups excluding carboxylic acids is 2. The monoisotopic (exact) mass is 415 g/mol. The summed E-state index contributed by atoms with van der Waals surface area (Å²) < 4.78 is 1.33. The van der Waals surface area contributed by atoms with Crippen molar-refractivity contribution in [2.24, 2.45) is 0 Å². The van der Waals surface area contributed by atoms with Crippen LogP contribution in [0.3, 0.4) is 0 Å². The van der Waals surface area contributed by atoms with Gasteiger partial charge in [0.05, 0.1) is 29.9 Å². The summed E-state index contributed by atoms with van der Waals surface area (Å²) in [6.45, 7) is 4.65. The van der Waals surface area contributed by atoms with Crippen LogP contribution in [0.1, 0.15) is 20.7 Å². The van der Waals surface area contributed by atoms with Gasteiger partial charge in [0, 0.05) is 41.6 Å². The number of hydrogen-bond donors (Lipinski definition) is 0. The lowest BCUT2D eigenvalue weighted by Crippen LogP contribution is -2.46. The van der Waals surface area contributed by atoms with Crippen LogP contribution in [-0.2, 0) is 0 Å². The fraction of sp³-hybridized carbons (Fsp3) is 0.250. The highest BCUT2D eigenvalue weighted by molar-refractivity contribution is 7.17. The predicted octanol–water partition coefficient (Wildman–Crippen LogP) is 3.32. The molecule has 5 nitrogen and oxygen atoms in total. The molecule has 0 spiro atoms. The van der Waals surface area contributed by atoms with Crippen molar-refractivity contribution >= 4 is 38.9 Å². The minimum atomic E-state index is -0.249. The Morgan fingerprint density at radius 3 is 2.17 bits per heavy atom. The number of amides is 2. The Bertz CT molecular complexity index is 1150. The second-order valence-electron chi connectivity index (χ2n) is 7.48. The molecule has 2 amide bonds. The quantitative estimate of drug-likeness (QED) is 0.486. The molecule has 6 heteroatoms. The molecule has 30 heavy (non-hydrogen) atoms. The molecule has 2 aliphatic rings. The predicted molar refractivity (Wildman–Crippen MR) is 120 cm³/mol. The summed E-state index contributed by atoms with van der Waals surface area (Å²) in [5.74, 6) is 5.66. The van der Waals surface area contributed by atoms with E-state index in [1.165, 1.54) is 20.7 Å². The summed E-state index contributed by atoms with van der Waals surface area (Å²) in [5.41, 5.74) is 2.27. The number of nitrogens with zero attached hydrogens (tertiary/aromatic N) is 3. The van der Waals surface area contributed by atoms with Gasteiger partial charge in [-0.05, 0) is 18.2 Å². The maximum absolute atomic E-state index is 12.4. The Hall–Kier alpha value is -3.14. The van der Waals surface area contributed by atoms with E-state index in [2.05, 4.69) is 51.3 Å². The minimum absolute atomic E-state index is 0.146. The molecule has 3 heterocycles. The number of thiophene rings is 1. The molecular weight excluding hydrogens is 394 g/mol. The van der Waals surface area contributed by atoms with E-state index in [0.717, 1.165) is 26.2 Å². The van der Waals surface area contributed by atoms with Crippen molar-refractivity contribution in [3.63, 3.8) is 0 Å². The third kappa shape index (κ3) is 3.36. The van der Waals surface area contributed by atoms with Crippen molar-refractivity contribution in [1.29, 1.82) is 0 Å². The summed E-state index contributed by atoms with van der Waals surface area (Å²) >= 11 is 1.80. The highest BCUT2D eigenvalue weighted by atomic mass is 32.1. The lowest BCUT2D eigenvalue weighted by molar-refractivity contribution is 0.0675. The molecule has 1 saturated heterocycles. The molecule has 0 unspecified atom stereocenters. The topological polar surface area (TPSA) is 43.9 Å².